The average Bonchev–Trinajstić information content (AvgIpc) is 3.01. The van der Waals surface area contributed by atoms with Gasteiger partial charge < -0.3 is 9.64 Å². The minimum atomic E-state index is -0.483. The first-order chi connectivity index (χ1) is 10.1. The molecule has 0 spiro atoms. The van der Waals surface area contributed by atoms with E-state index in [-0.39, 0.29) is 5.91 Å². The zero-order chi connectivity index (χ0) is 15.4. The average molecular weight is 305 g/mol. The monoisotopic (exact) mass is 305 g/mol. The van der Waals surface area contributed by atoms with Crippen LogP contribution in [0.15, 0.2) is 24.3 Å². The summed E-state index contributed by atoms with van der Waals surface area (Å²) in [6.07, 6.45) is 0.629. The molecule has 0 aliphatic rings. The number of carbonyl (C=O) groups is 2. The summed E-state index contributed by atoms with van der Waals surface area (Å²) in [5.74, 6) is -0.721. The number of para-hydroxylation sites is 1. The fourth-order valence-corrected chi connectivity index (χ4v) is 2.64. The lowest BCUT2D eigenvalue weighted by Gasteiger charge is -2.19. The third-order valence-corrected chi connectivity index (χ3v) is 3.82. The molecule has 2 aromatic rings. The number of hydrogen-bond acceptors (Lipinski definition) is 6. The minimum Gasteiger partial charge on any atom is -0.465 e. The Morgan fingerprint density at radius 3 is 2.71 bits per heavy atom. The highest BCUT2D eigenvalue weighted by Gasteiger charge is 2.23. The van der Waals surface area contributed by atoms with Crippen LogP contribution >= 0.6 is 11.5 Å². The van der Waals surface area contributed by atoms with Gasteiger partial charge in [0.15, 0.2) is 0 Å². The minimum absolute atomic E-state index is 0.238. The number of carbonyl (C=O) groups excluding carboxylic acids is 2. The topological polar surface area (TPSA) is 72.4 Å². The normalized spacial score (nSPS) is 10.2. The van der Waals surface area contributed by atoms with E-state index < -0.39 is 5.97 Å². The molecule has 0 saturated heterocycles. The number of methoxy groups -OCH3 is 1. The third-order valence-electron chi connectivity index (χ3n) is 3.06. The van der Waals surface area contributed by atoms with E-state index >= 15 is 0 Å². The van der Waals surface area contributed by atoms with Crippen molar-refractivity contribution in [2.75, 3.05) is 19.1 Å². The predicted molar refractivity (Wildman–Crippen MR) is 79.8 cm³/mol. The van der Waals surface area contributed by atoms with Crippen LogP contribution in [0.25, 0.3) is 0 Å². The molecule has 0 aliphatic heterocycles. The molecule has 0 fully saturated rings. The second kappa shape index (κ2) is 6.45. The van der Waals surface area contributed by atoms with E-state index in [1.165, 1.54) is 12.0 Å². The van der Waals surface area contributed by atoms with Crippen molar-refractivity contribution in [1.29, 1.82) is 0 Å². The summed E-state index contributed by atoms with van der Waals surface area (Å²) in [7, 11) is 2.92. The van der Waals surface area contributed by atoms with Crippen molar-refractivity contribution in [2.45, 2.75) is 13.3 Å². The van der Waals surface area contributed by atoms with Gasteiger partial charge in [0, 0.05) is 7.05 Å². The number of rotatable bonds is 4. The first kappa shape index (κ1) is 15.1. The van der Waals surface area contributed by atoms with Crippen molar-refractivity contribution in [2.24, 2.45) is 0 Å². The van der Waals surface area contributed by atoms with Crippen LogP contribution in [-0.2, 0) is 11.2 Å². The smallest absolute Gasteiger partial charge is 0.339 e. The van der Waals surface area contributed by atoms with Crippen LogP contribution in [-0.4, -0.2) is 35.6 Å². The number of ether oxygens (including phenoxy) is 1. The summed E-state index contributed by atoms with van der Waals surface area (Å²) in [5.41, 5.74) is 1.49. The van der Waals surface area contributed by atoms with Crippen molar-refractivity contribution in [3.8, 4) is 0 Å². The van der Waals surface area contributed by atoms with Gasteiger partial charge in [-0.1, -0.05) is 23.5 Å². The lowest BCUT2D eigenvalue weighted by Crippen LogP contribution is -2.28. The fourth-order valence-electron chi connectivity index (χ4n) is 1.91. The van der Waals surface area contributed by atoms with E-state index in [4.69, 9.17) is 4.74 Å². The molecule has 0 N–H and O–H groups in total. The molecule has 21 heavy (non-hydrogen) atoms. The number of amides is 1. The van der Waals surface area contributed by atoms with Gasteiger partial charge in [0.2, 0.25) is 0 Å². The van der Waals surface area contributed by atoms with Gasteiger partial charge in [-0.2, -0.15) is 0 Å². The third kappa shape index (κ3) is 2.92. The highest BCUT2D eigenvalue weighted by Crippen LogP contribution is 2.23. The van der Waals surface area contributed by atoms with Crippen LogP contribution in [0.3, 0.4) is 0 Å². The van der Waals surface area contributed by atoms with E-state index in [9.17, 15) is 9.59 Å². The molecule has 1 aromatic carbocycles. The summed E-state index contributed by atoms with van der Waals surface area (Å²) in [5, 5.41) is 3.93. The van der Waals surface area contributed by atoms with Crippen molar-refractivity contribution in [3.05, 3.63) is 40.4 Å². The van der Waals surface area contributed by atoms with Crippen LogP contribution in [0, 0.1) is 0 Å². The maximum Gasteiger partial charge on any atom is 0.339 e. The Bertz CT molecular complexity index is 669. The molecule has 110 valence electrons. The van der Waals surface area contributed by atoms with Crippen LogP contribution in [0.1, 0.15) is 32.6 Å². The van der Waals surface area contributed by atoms with Crippen molar-refractivity contribution < 1.29 is 14.3 Å². The number of nitrogens with zero attached hydrogens (tertiary/aromatic N) is 3. The van der Waals surface area contributed by atoms with Crippen molar-refractivity contribution >= 4 is 29.1 Å². The number of aryl methyl sites for hydroxylation is 1. The SMILES string of the molecule is CCc1nnsc1C(=O)N(C)c1ccccc1C(=O)OC. The van der Waals surface area contributed by atoms with E-state index in [0.717, 1.165) is 11.5 Å². The Balaban J connectivity index is 2.38. The maximum absolute atomic E-state index is 12.6. The maximum atomic E-state index is 12.6. The Hall–Kier alpha value is -2.28. The molecule has 1 heterocycles. The van der Waals surface area contributed by atoms with E-state index in [1.807, 2.05) is 6.92 Å². The lowest BCUT2D eigenvalue weighted by atomic mass is 10.1. The summed E-state index contributed by atoms with van der Waals surface area (Å²) in [6.45, 7) is 1.91. The van der Waals surface area contributed by atoms with Crippen LogP contribution in [0.2, 0.25) is 0 Å². The van der Waals surface area contributed by atoms with Crippen LogP contribution < -0.4 is 4.90 Å². The van der Waals surface area contributed by atoms with E-state index in [1.54, 1.807) is 31.3 Å². The van der Waals surface area contributed by atoms with Gasteiger partial charge in [-0.15, -0.1) is 5.10 Å². The zero-order valence-electron chi connectivity index (χ0n) is 12.0. The molecule has 0 aliphatic carbocycles. The highest BCUT2D eigenvalue weighted by molar-refractivity contribution is 7.08. The fraction of sp³-hybridized carbons (Fsp3) is 0.286. The summed E-state index contributed by atoms with van der Waals surface area (Å²) < 4.78 is 8.56. The number of anilines is 1. The lowest BCUT2D eigenvalue weighted by molar-refractivity contribution is 0.0601. The first-order valence-corrected chi connectivity index (χ1v) is 7.14. The molecule has 0 unspecified atom stereocenters. The molecule has 1 amide bonds. The van der Waals surface area contributed by atoms with Gasteiger partial charge in [-0.3, -0.25) is 4.79 Å². The standard InChI is InChI=1S/C14H15N3O3S/c1-4-10-12(21-16-15-10)13(18)17(2)11-8-6-5-7-9(11)14(19)20-3/h5-8H,4H2,1-3H3. The molecule has 0 bridgehead atoms. The molecule has 1 aromatic heterocycles. The quantitative estimate of drug-likeness (QED) is 0.809. The summed E-state index contributed by atoms with van der Waals surface area (Å²) >= 11 is 1.06. The van der Waals surface area contributed by atoms with Crippen LogP contribution in [0.5, 0.6) is 0 Å². The zero-order valence-corrected chi connectivity index (χ0v) is 12.8. The van der Waals surface area contributed by atoms with Gasteiger partial charge in [0.25, 0.3) is 5.91 Å². The molecule has 7 heteroatoms. The van der Waals surface area contributed by atoms with E-state index in [2.05, 4.69) is 9.59 Å². The first-order valence-electron chi connectivity index (χ1n) is 6.36. The van der Waals surface area contributed by atoms with Gasteiger partial charge in [0.05, 0.1) is 24.1 Å². The summed E-state index contributed by atoms with van der Waals surface area (Å²) in [4.78, 5) is 26.2. The Morgan fingerprint density at radius 2 is 2.05 bits per heavy atom. The Labute approximate surface area is 126 Å². The molecule has 0 radical (unpaired) electrons. The summed E-state index contributed by atoms with van der Waals surface area (Å²) in [6, 6.07) is 6.80. The molecule has 6 nitrogen and oxygen atoms in total. The second-order valence-corrected chi connectivity index (χ2v) is 5.03. The van der Waals surface area contributed by atoms with Crippen molar-refractivity contribution in [1.82, 2.24) is 9.59 Å². The Morgan fingerprint density at radius 1 is 1.33 bits per heavy atom. The largest absolute Gasteiger partial charge is 0.465 e. The molecular formula is C14H15N3O3S. The number of benzene rings is 1. The van der Waals surface area contributed by atoms with Gasteiger partial charge in [-0.25, -0.2) is 4.79 Å². The number of esters is 1. The van der Waals surface area contributed by atoms with Gasteiger partial charge >= 0.3 is 5.97 Å². The highest BCUT2D eigenvalue weighted by atomic mass is 32.1. The Kier molecular flexibility index (Phi) is 4.64. The van der Waals surface area contributed by atoms with E-state index in [0.29, 0.717) is 28.2 Å². The van der Waals surface area contributed by atoms with Gasteiger partial charge in [-0.05, 0) is 30.1 Å². The number of aromatic nitrogens is 2. The molecule has 0 atom stereocenters. The van der Waals surface area contributed by atoms with Gasteiger partial charge in [0.1, 0.15) is 4.88 Å². The van der Waals surface area contributed by atoms with Crippen LogP contribution in [0.4, 0.5) is 5.69 Å². The second-order valence-electron chi connectivity index (χ2n) is 4.28. The van der Waals surface area contributed by atoms with Crippen molar-refractivity contribution in [3.63, 3.8) is 0 Å². The number of hydrogen-bond donors (Lipinski definition) is 0. The molecule has 0 saturated carbocycles. The predicted octanol–water partition coefficient (Wildman–Crippen LogP) is 2.16. The molecular weight excluding hydrogens is 290 g/mol. The molecule has 2 rings (SSSR count).